The number of nitrogens with one attached hydrogen (secondary N) is 1. The smallest absolute Gasteiger partial charge is 0.182 e. The van der Waals surface area contributed by atoms with Crippen molar-refractivity contribution in [1.82, 2.24) is 5.43 Å². The summed E-state index contributed by atoms with van der Waals surface area (Å²) in [5.74, 6) is 2.36. The number of aryl methyl sites for hydroxylation is 1. The Morgan fingerprint density at radius 3 is 2.60 bits per heavy atom. The predicted molar refractivity (Wildman–Crippen MR) is 102 cm³/mol. The van der Waals surface area contributed by atoms with Gasteiger partial charge in [-0.2, -0.15) is 5.10 Å². The minimum Gasteiger partial charge on any atom is -0.490 e. The fourth-order valence-corrected chi connectivity index (χ4v) is 3.39. The summed E-state index contributed by atoms with van der Waals surface area (Å²) in [5.41, 5.74) is 7.22. The lowest BCUT2D eigenvalue weighted by Gasteiger charge is -2.16. The Morgan fingerprint density at radius 1 is 1.04 bits per heavy atom. The monoisotopic (exact) mass is 353 g/mol. The molecule has 0 saturated heterocycles. The van der Waals surface area contributed by atoms with E-state index in [1.54, 1.807) is 11.8 Å². The molecule has 2 aromatic carbocycles. The Labute approximate surface area is 151 Å². The Kier molecular flexibility index (Phi) is 4.61. The maximum absolute atomic E-state index is 5.76. The third-order valence-electron chi connectivity index (χ3n) is 3.98. The second-order valence-corrected chi connectivity index (χ2v) is 6.89. The molecule has 0 aliphatic carbocycles. The van der Waals surface area contributed by atoms with Crippen molar-refractivity contribution in [2.75, 3.05) is 19.0 Å². The molecule has 0 fully saturated rings. The molecule has 2 aliphatic rings. The summed E-state index contributed by atoms with van der Waals surface area (Å²) < 4.78 is 11.4. The van der Waals surface area contributed by atoms with Crippen molar-refractivity contribution in [2.45, 2.75) is 13.3 Å². The molecule has 0 unspecified atom stereocenters. The summed E-state index contributed by atoms with van der Waals surface area (Å²) in [4.78, 5) is 4.59. The number of amidine groups is 1. The van der Waals surface area contributed by atoms with Crippen LogP contribution < -0.4 is 14.9 Å². The highest BCUT2D eigenvalue weighted by Crippen LogP contribution is 2.31. The molecule has 6 heteroatoms. The fraction of sp³-hybridized carbons (Fsp3) is 0.263. The normalized spacial score (nSPS) is 18.3. The lowest BCUT2D eigenvalue weighted by Crippen LogP contribution is -2.25. The van der Waals surface area contributed by atoms with E-state index in [1.807, 2.05) is 30.3 Å². The number of hydrogen-bond donors (Lipinski definition) is 1. The first-order valence-electron chi connectivity index (χ1n) is 8.29. The van der Waals surface area contributed by atoms with E-state index in [4.69, 9.17) is 9.47 Å². The van der Waals surface area contributed by atoms with Gasteiger partial charge in [0.1, 0.15) is 0 Å². The van der Waals surface area contributed by atoms with Gasteiger partial charge in [0.05, 0.1) is 24.6 Å². The topological polar surface area (TPSA) is 55.2 Å². The largest absolute Gasteiger partial charge is 0.490 e. The van der Waals surface area contributed by atoms with Crippen LogP contribution in [0.1, 0.15) is 17.5 Å². The number of thioether (sulfide) groups is 1. The number of hydrogen-bond acceptors (Lipinski definition) is 5. The molecule has 5 nitrogen and oxygen atoms in total. The number of benzene rings is 2. The zero-order valence-electron chi connectivity index (χ0n) is 14.0. The molecule has 128 valence electrons. The molecule has 2 heterocycles. The Hall–Kier alpha value is -2.47. The number of hydrazone groups is 1. The van der Waals surface area contributed by atoms with E-state index < -0.39 is 0 Å². The average Bonchev–Trinajstić information content (AvgIpc) is 2.89. The Balaban J connectivity index is 1.51. The highest BCUT2D eigenvalue weighted by molar-refractivity contribution is 8.14. The molecule has 0 amide bonds. The van der Waals surface area contributed by atoms with Gasteiger partial charge in [-0.3, -0.25) is 5.43 Å². The quantitative estimate of drug-likeness (QED) is 0.890. The summed E-state index contributed by atoms with van der Waals surface area (Å²) in [7, 11) is 0. The van der Waals surface area contributed by atoms with E-state index in [-0.39, 0.29) is 0 Å². The summed E-state index contributed by atoms with van der Waals surface area (Å²) >= 11 is 1.64. The number of aliphatic imine (C=N–C) groups is 1. The molecule has 1 N–H and O–H groups in total. The molecule has 0 aromatic heterocycles. The van der Waals surface area contributed by atoms with Gasteiger partial charge in [0.25, 0.3) is 0 Å². The first-order valence-corrected chi connectivity index (χ1v) is 9.27. The first-order chi connectivity index (χ1) is 12.3. The van der Waals surface area contributed by atoms with Gasteiger partial charge in [-0.15, -0.1) is 0 Å². The van der Waals surface area contributed by atoms with E-state index in [0.29, 0.717) is 13.2 Å². The van der Waals surface area contributed by atoms with Crippen LogP contribution in [0.5, 0.6) is 11.5 Å². The van der Waals surface area contributed by atoms with Crippen LogP contribution in [0.15, 0.2) is 52.6 Å². The molecule has 0 bridgehead atoms. The molecular weight excluding hydrogens is 334 g/mol. The van der Waals surface area contributed by atoms with Crippen molar-refractivity contribution in [2.24, 2.45) is 10.1 Å². The molecule has 2 aromatic rings. The summed E-state index contributed by atoms with van der Waals surface area (Å²) in [6, 6.07) is 14.1. The van der Waals surface area contributed by atoms with E-state index >= 15 is 0 Å². The van der Waals surface area contributed by atoms with Gasteiger partial charge in [0.15, 0.2) is 16.7 Å². The summed E-state index contributed by atoms with van der Waals surface area (Å²) in [6.45, 7) is 3.45. The molecule has 0 atom stereocenters. The van der Waals surface area contributed by atoms with Crippen LogP contribution >= 0.6 is 11.8 Å². The first kappa shape index (κ1) is 16.0. The number of nitrogens with zero attached hydrogens (tertiary/aromatic N) is 2. The zero-order valence-corrected chi connectivity index (χ0v) is 14.8. The van der Waals surface area contributed by atoms with Crippen molar-refractivity contribution in [3.05, 3.63) is 53.6 Å². The van der Waals surface area contributed by atoms with Crippen molar-refractivity contribution < 1.29 is 9.47 Å². The Morgan fingerprint density at radius 2 is 1.84 bits per heavy atom. The standard InChI is InChI=1S/C19H19N3O2S/c1-13-3-6-15(7-4-13)20-19-22-21-16(12-25-19)14-5-8-17-18(11-14)24-10-2-9-23-17/h3-8,11H,2,9-10,12H2,1H3,(H,20,22). The number of fused-ring (bicyclic) bond motifs is 1. The predicted octanol–water partition coefficient (Wildman–Crippen LogP) is 3.88. The fourth-order valence-electron chi connectivity index (χ4n) is 2.60. The van der Waals surface area contributed by atoms with E-state index in [9.17, 15) is 0 Å². The van der Waals surface area contributed by atoms with Crippen LogP contribution in [-0.4, -0.2) is 29.8 Å². The molecule has 4 rings (SSSR count). The van der Waals surface area contributed by atoms with Gasteiger partial charge in [0, 0.05) is 17.7 Å². The van der Waals surface area contributed by atoms with Gasteiger partial charge in [0.2, 0.25) is 0 Å². The summed E-state index contributed by atoms with van der Waals surface area (Å²) in [6.07, 6.45) is 0.904. The van der Waals surface area contributed by atoms with Crippen molar-refractivity contribution in [1.29, 1.82) is 0 Å². The molecule has 2 aliphatic heterocycles. The number of ether oxygens (including phenoxy) is 2. The second-order valence-electron chi connectivity index (χ2n) is 5.92. The van der Waals surface area contributed by atoms with E-state index in [2.05, 4.69) is 34.6 Å². The van der Waals surface area contributed by atoms with Gasteiger partial charge in [-0.05, 0) is 37.3 Å². The maximum Gasteiger partial charge on any atom is 0.182 e. The number of rotatable bonds is 2. The Bertz CT molecular complexity index is 831. The van der Waals surface area contributed by atoms with Crippen molar-refractivity contribution in [3.8, 4) is 11.5 Å². The van der Waals surface area contributed by atoms with Crippen LogP contribution in [0.4, 0.5) is 5.69 Å². The van der Waals surface area contributed by atoms with Gasteiger partial charge in [-0.25, -0.2) is 4.99 Å². The van der Waals surface area contributed by atoms with Gasteiger partial charge >= 0.3 is 0 Å². The second kappa shape index (κ2) is 7.19. The van der Waals surface area contributed by atoms with Gasteiger partial charge in [-0.1, -0.05) is 29.5 Å². The third kappa shape index (κ3) is 3.79. The average molecular weight is 353 g/mol. The van der Waals surface area contributed by atoms with Crippen LogP contribution in [0.2, 0.25) is 0 Å². The molecule has 25 heavy (non-hydrogen) atoms. The van der Waals surface area contributed by atoms with E-state index in [0.717, 1.165) is 45.8 Å². The minimum absolute atomic E-state index is 0.684. The lowest BCUT2D eigenvalue weighted by atomic mass is 10.1. The molecule has 0 spiro atoms. The van der Waals surface area contributed by atoms with Gasteiger partial charge < -0.3 is 9.47 Å². The molecule has 0 radical (unpaired) electrons. The van der Waals surface area contributed by atoms with Crippen LogP contribution in [0.25, 0.3) is 0 Å². The van der Waals surface area contributed by atoms with Crippen LogP contribution in [0.3, 0.4) is 0 Å². The van der Waals surface area contributed by atoms with Crippen LogP contribution in [0, 0.1) is 6.92 Å². The highest BCUT2D eigenvalue weighted by Gasteiger charge is 2.17. The van der Waals surface area contributed by atoms with Crippen LogP contribution in [-0.2, 0) is 0 Å². The maximum atomic E-state index is 5.76. The SMILES string of the molecule is Cc1ccc(N=C2NN=C(c3ccc4c(c3)OCCCO4)CS2)cc1. The van der Waals surface area contributed by atoms with Crippen molar-refractivity contribution >= 4 is 28.3 Å². The summed E-state index contributed by atoms with van der Waals surface area (Å²) in [5, 5.41) is 5.29. The van der Waals surface area contributed by atoms with Crippen molar-refractivity contribution in [3.63, 3.8) is 0 Å². The third-order valence-corrected chi connectivity index (χ3v) is 4.85. The zero-order chi connectivity index (χ0) is 17.1. The minimum atomic E-state index is 0.684. The highest BCUT2D eigenvalue weighted by atomic mass is 32.2. The van der Waals surface area contributed by atoms with E-state index in [1.165, 1.54) is 5.56 Å². The molecular formula is C19H19N3O2S. The lowest BCUT2D eigenvalue weighted by molar-refractivity contribution is 0.297. The molecule has 0 saturated carbocycles.